The van der Waals surface area contributed by atoms with Gasteiger partial charge in [0.1, 0.15) is 5.69 Å². The van der Waals surface area contributed by atoms with Gasteiger partial charge in [0, 0.05) is 18.4 Å². The van der Waals surface area contributed by atoms with E-state index in [9.17, 15) is 0 Å². The summed E-state index contributed by atoms with van der Waals surface area (Å²) < 4.78 is 2.10. The predicted octanol–water partition coefficient (Wildman–Crippen LogP) is 2.64. The van der Waals surface area contributed by atoms with E-state index >= 15 is 0 Å². The zero-order valence-corrected chi connectivity index (χ0v) is 12.1. The summed E-state index contributed by atoms with van der Waals surface area (Å²) in [6.45, 7) is 7.40. The highest BCUT2D eigenvalue weighted by Crippen LogP contribution is 2.20. The molecule has 2 heterocycles. The van der Waals surface area contributed by atoms with E-state index in [1.54, 1.807) is 0 Å². The van der Waals surface area contributed by atoms with Gasteiger partial charge in [-0.05, 0) is 37.5 Å². The third kappa shape index (κ3) is 3.87. The lowest BCUT2D eigenvalue weighted by Gasteiger charge is -2.02. The van der Waals surface area contributed by atoms with Crippen molar-refractivity contribution < 1.29 is 9.59 Å². The van der Waals surface area contributed by atoms with Crippen LogP contribution in [0, 0.1) is 6.92 Å². The van der Waals surface area contributed by atoms with E-state index in [2.05, 4.69) is 47.7 Å². The van der Waals surface area contributed by atoms with Gasteiger partial charge in [-0.15, -0.1) is 0 Å². The highest BCUT2D eigenvalue weighted by Gasteiger charge is 2.10. The maximum atomic E-state index is 8.12. The molecule has 0 fully saturated rings. The molecule has 0 aliphatic heterocycles. The van der Waals surface area contributed by atoms with E-state index in [0.717, 1.165) is 30.8 Å². The average Bonchev–Trinajstić information content (AvgIpc) is 2.83. The van der Waals surface area contributed by atoms with Gasteiger partial charge in [0.2, 0.25) is 0 Å². The molecule has 0 aliphatic rings. The summed E-state index contributed by atoms with van der Waals surface area (Å²) in [7, 11) is 0. The van der Waals surface area contributed by atoms with E-state index in [-0.39, 0.29) is 6.15 Å². The Labute approximate surface area is 118 Å². The molecule has 0 atom stereocenters. The first-order valence-corrected chi connectivity index (χ1v) is 6.65. The van der Waals surface area contributed by atoms with E-state index in [0.29, 0.717) is 0 Å². The number of hydrogen-bond donors (Lipinski definition) is 0. The lowest BCUT2D eigenvalue weighted by Crippen LogP contribution is -2.03. The van der Waals surface area contributed by atoms with Crippen LogP contribution < -0.4 is 0 Å². The van der Waals surface area contributed by atoms with Crippen LogP contribution in [0.15, 0.2) is 24.4 Å². The van der Waals surface area contributed by atoms with Crippen molar-refractivity contribution in [3.63, 3.8) is 0 Å². The van der Waals surface area contributed by atoms with Gasteiger partial charge in [-0.2, -0.15) is 14.7 Å². The minimum Gasteiger partial charge on any atom is -0.269 e. The van der Waals surface area contributed by atoms with Crippen LogP contribution in [0.3, 0.4) is 0 Å². The van der Waals surface area contributed by atoms with Crippen LogP contribution in [0.5, 0.6) is 0 Å². The van der Waals surface area contributed by atoms with Crippen LogP contribution in [-0.2, 0) is 22.6 Å². The number of nitrogens with zero attached hydrogens (tertiary/aromatic N) is 3. The number of hydrogen-bond acceptors (Lipinski definition) is 4. The van der Waals surface area contributed by atoms with Gasteiger partial charge >= 0.3 is 6.15 Å². The van der Waals surface area contributed by atoms with Crippen LogP contribution in [0.4, 0.5) is 0 Å². The molecule has 2 aromatic rings. The standard InChI is InChI=1S/C14H19N3.CO2/c1-4-9-17-12(5-2)10-13(16-17)14-11(3)7-6-8-15-14;2-1-3/h6-8,10H,4-5,9H2,1-3H3;. The molecule has 0 amide bonds. The second-order valence-electron chi connectivity index (χ2n) is 4.35. The molecule has 0 bridgehead atoms. The minimum atomic E-state index is 0.250. The molecule has 20 heavy (non-hydrogen) atoms. The molecule has 0 radical (unpaired) electrons. The Bertz CT molecular complexity index is 585. The van der Waals surface area contributed by atoms with Crippen molar-refractivity contribution in [2.24, 2.45) is 0 Å². The van der Waals surface area contributed by atoms with Crippen LogP contribution >= 0.6 is 0 Å². The number of rotatable bonds is 4. The van der Waals surface area contributed by atoms with Crippen LogP contribution in [-0.4, -0.2) is 20.9 Å². The van der Waals surface area contributed by atoms with Crippen molar-refractivity contribution in [3.8, 4) is 11.4 Å². The summed E-state index contributed by atoms with van der Waals surface area (Å²) in [5.74, 6) is 0. The van der Waals surface area contributed by atoms with Gasteiger partial charge in [-0.1, -0.05) is 19.9 Å². The Kier molecular flexibility index (Phi) is 6.33. The molecular weight excluding hydrogens is 254 g/mol. The lowest BCUT2D eigenvalue weighted by molar-refractivity contribution is -0.191. The van der Waals surface area contributed by atoms with Gasteiger partial charge in [0.15, 0.2) is 0 Å². The van der Waals surface area contributed by atoms with Crippen LogP contribution in [0.25, 0.3) is 11.4 Å². The van der Waals surface area contributed by atoms with Crippen molar-refractivity contribution in [2.75, 3.05) is 0 Å². The Morgan fingerprint density at radius 3 is 2.55 bits per heavy atom. The highest BCUT2D eigenvalue weighted by molar-refractivity contribution is 5.58. The third-order valence-corrected chi connectivity index (χ3v) is 2.91. The second kappa shape index (κ2) is 8.02. The smallest absolute Gasteiger partial charge is 0.269 e. The fraction of sp³-hybridized carbons (Fsp3) is 0.400. The molecule has 5 heteroatoms. The molecule has 0 unspecified atom stereocenters. The largest absolute Gasteiger partial charge is 0.373 e. The fourth-order valence-electron chi connectivity index (χ4n) is 2.02. The van der Waals surface area contributed by atoms with Crippen molar-refractivity contribution in [2.45, 2.75) is 40.2 Å². The Balaban J connectivity index is 0.000000612. The fourth-order valence-corrected chi connectivity index (χ4v) is 2.02. The van der Waals surface area contributed by atoms with Crippen LogP contribution in [0.1, 0.15) is 31.5 Å². The molecular formula is C15H19N3O2. The first kappa shape index (κ1) is 15.8. The van der Waals surface area contributed by atoms with E-state index < -0.39 is 0 Å². The average molecular weight is 273 g/mol. The Hall–Kier alpha value is -2.26. The number of aromatic nitrogens is 3. The van der Waals surface area contributed by atoms with E-state index in [1.165, 1.54) is 11.3 Å². The Morgan fingerprint density at radius 1 is 1.30 bits per heavy atom. The monoisotopic (exact) mass is 273 g/mol. The molecule has 0 aliphatic carbocycles. The zero-order chi connectivity index (χ0) is 15.0. The topological polar surface area (TPSA) is 64.8 Å². The Morgan fingerprint density at radius 2 is 2.00 bits per heavy atom. The minimum absolute atomic E-state index is 0.250. The maximum absolute atomic E-state index is 8.12. The number of carbonyl (C=O) groups excluding carboxylic acids is 2. The first-order valence-electron chi connectivity index (χ1n) is 6.65. The first-order chi connectivity index (χ1) is 9.67. The molecule has 0 aromatic carbocycles. The van der Waals surface area contributed by atoms with Gasteiger partial charge in [0.05, 0.1) is 5.69 Å². The van der Waals surface area contributed by atoms with Gasteiger partial charge in [-0.3, -0.25) is 9.67 Å². The summed E-state index contributed by atoms with van der Waals surface area (Å²) in [6.07, 6.45) is 4.20. The molecule has 0 saturated carbocycles. The zero-order valence-electron chi connectivity index (χ0n) is 12.1. The molecule has 2 rings (SSSR count). The SMILES string of the molecule is CCCn1nc(-c2ncccc2C)cc1CC.O=C=O. The third-order valence-electron chi connectivity index (χ3n) is 2.91. The summed E-state index contributed by atoms with van der Waals surface area (Å²) in [5, 5.41) is 4.66. The quantitative estimate of drug-likeness (QED) is 0.859. The van der Waals surface area contributed by atoms with Crippen molar-refractivity contribution in [1.82, 2.24) is 14.8 Å². The van der Waals surface area contributed by atoms with Crippen LogP contribution in [0.2, 0.25) is 0 Å². The molecule has 0 saturated heterocycles. The molecule has 0 spiro atoms. The maximum Gasteiger partial charge on any atom is 0.373 e. The number of pyridine rings is 1. The normalized spacial score (nSPS) is 9.55. The second-order valence-corrected chi connectivity index (χ2v) is 4.35. The molecule has 5 nitrogen and oxygen atoms in total. The predicted molar refractivity (Wildman–Crippen MR) is 74.9 cm³/mol. The highest BCUT2D eigenvalue weighted by atomic mass is 16.2. The number of aryl methyl sites for hydroxylation is 3. The molecule has 2 aromatic heterocycles. The van der Waals surface area contributed by atoms with Crippen molar-refractivity contribution in [3.05, 3.63) is 35.7 Å². The van der Waals surface area contributed by atoms with Gasteiger partial charge in [-0.25, -0.2) is 0 Å². The van der Waals surface area contributed by atoms with Crippen molar-refractivity contribution in [1.29, 1.82) is 0 Å². The van der Waals surface area contributed by atoms with E-state index in [4.69, 9.17) is 9.59 Å². The molecule has 0 N–H and O–H groups in total. The summed E-state index contributed by atoms with van der Waals surface area (Å²) >= 11 is 0. The van der Waals surface area contributed by atoms with E-state index in [1.807, 2.05) is 12.3 Å². The van der Waals surface area contributed by atoms with Gasteiger partial charge in [0.25, 0.3) is 0 Å². The summed E-state index contributed by atoms with van der Waals surface area (Å²) in [4.78, 5) is 20.7. The summed E-state index contributed by atoms with van der Waals surface area (Å²) in [6, 6.07) is 6.19. The van der Waals surface area contributed by atoms with Crippen molar-refractivity contribution >= 4 is 6.15 Å². The lowest BCUT2D eigenvalue weighted by atomic mass is 10.1. The van der Waals surface area contributed by atoms with Gasteiger partial charge < -0.3 is 0 Å². The molecule has 106 valence electrons. The summed E-state index contributed by atoms with van der Waals surface area (Å²) in [5.41, 5.74) is 4.45.